The number of carboxylic acids is 1. The fourth-order valence-electron chi connectivity index (χ4n) is 3.39. The predicted molar refractivity (Wildman–Crippen MR) is 107 cm³/mol. The van der Waals surface area contributed by atoms with Crippen LogP contribution in [0.4, 0.5) is 18.9 Å². The van der Waals surface area contributed by atoms with Crippen LogP contribution in [-0.2, 0) is 25.6 Å². The van der Waals surface area contributed by atoms with Crippen LogP contribution in [0, 0.1) is 0 Å². The maximum Gasteiger partial charge on any atom is 0.418 e. The normalized spacial score (nSPS) is 14.6. The van der Waals surface area contributed by atoms with E-state index in [1.807, 2.05) is 0 Å². The van der Waals surface area contributed by atoms with E-state index in [0.717, 1.165) is 18.4 Å². The number of hydrogen-bond acceptors (Lipinski definition) is 4. The molecule has 1 amide bonds. The molecule has 2 aromatic carbocycles. The van der Waals surface area contributed by atoms with Gasteiger partial charge in [0.05, 0.1) is 16.1 Å². The van der Waals surface area contributed by atoms with Gasteiger partial charge in [-0.15, -0.1) is 0 Å². The molecule has 6 nitrogen and oxygen atoms in total. The molecule has 1 aliphatic rings. The molecule has 0 atom stereocenters. The zero-order valence-corrected chi connectivity index (χ0v) is 17.1. The van der Waals surface area contributed by atoms with E-state index in [4.69, 9.17) is 5.11 Å². The van der Waals surface area contributed by atoms with E-state index < -0.39 is 39.1 Å². The summed E-state index contributed by atoms with van der Waals surface area (Å²) in [5, 5.41) is 11.4. The highest BCUT2D eigenvalue weighted by Crippen LogP contribution is 2.38. The monoisotopic (exact) mass is 453 g/mol. The number of carbonyl (C=O) groups is 2. The van der Waals surface area contributed by atoms with E-state index in [2.05, 4.69) is 5.32 Å². The zero-order valence-electron chi connectivity index (χ0n) is 16.3. The van der Waals surface area contributed by atoms with Gasteiger partial charge in [0.15, 0.2) is 9.84 Å². The van der Waals surface area contributed by atoms with Crippen LogP contribution in [0.5, 0.6) is 0 Å². The molecule has 0 radical (unpaired) electrons. The number of halogens is 3. The first-order valence-electron chi connectivity index (χ1n) is 9.16. The summed E-state index contributed by atoms with van der Waals surface area (Å²) in [4.78, 5) is 23.7. The molecule has 0 aliphatic heterocycles. The molecule has 0 heterocycles. The summed E-state index contributed by atoms with van der Waals surface area (Å²) in [6.45, 7) is 0. The summed E-state index contributed by atoms with van der Waals surface area (Å²) in [6, 6.07) is 8.70. The van der Waals surface area contributed by atoms with Crippen molar-refractivity contribution in [3.05, 3.63) is 59.2 Å². The lowest BCUT2D eigenvalue weighted by molar-refractivity contribution is -0.137. The fraction of sp³-hybridized carbons (Fsp3) is 0.238. The Morgan fingerprint density at radius 2 is 1.55 bits per heavy atom. The Labute approximate surface area is 176 Å². The number of hydrogen-bond donors (Lipinski definition) is 2. The molecule has 0 fully saturated rings. The first kappa shape index (κ1) is 22.5. The maximum absolute atomic E-state index is 13.7. The smallest absolute Gasteiger partial charge is 0.418 e. The SMILES string of the molecule is CS(=O)(=O)c1ccc(-c2ccc(NC(=O)C3=C(C(=O)O)CCC3)c(C(F)(F)F)c2)cc1. The Kier molecular flexibility index (Phi) is 5.95. The van der Waals surface area contributed by atoms with Crippen molar-refractivity contribution in [1.29, 1.82) is 0 Å². The number of amides is 1. The summed E-state index contributed by atoms with van der Waals surface area (Å²) in [5.74, 6) is -2.13. The largest absolute Gasteiger partial charge is 0.478 e. The van der Waals surface area contributed by atoms with Gasteiger partial charge >= 0.3 is 12.1 Å². The molecule has 1 aliphatic carbocycles. The van der Waals surface area contributed by atoms with Crippen molar-refractivity contribution in [2.75, 3.05) is 11.6 Å². The maximum atomic E-state index is 13.7. The molecule has 2 aromatic rings. The number of alkyl halides is 3. The molecule has 2 N–H and O–H groups in total. The van der Waals surface area contributed by atoms with Gasteiger partial charge in [-0.1, -0.05) is 18.2 Å². The zero-order chi connectivity index (χ0) is 23.0. The van der Waals surface area contributed by atoms with Gasteiger partial charge in [0.1, 0.15) is 0 Å². The number of sulfone groups is 1. The fourth-order valence-corrected chi connectivity index (χ4v) is 4.02. The predicted octanol–water partition coefficient (Wildman–Crippen LogP) is 4.28. The van der Waals surface area contributed by atoms with E-state index in [-0.39, 0.29) is 34.4 Å². The van der Waals surface area contributed by atoms with E-state index in [1.165, 1.54) is 30.3 Å². The third-order valence-electron chi connectivity index (χ3n) is 4.94. The molecule has 0 aromatic heterocycles. The molecule has 10 heteroatoms. The summed E-state index contributed by atoms with van der Waals surface area (Å²) in [6.07, 6.45) is -2.95. The van der Waals surface area contributed by atoms with Gasteiger partial charge in [-0.2, -0.15) is 13.2 Å². The van der Waals surface area contributed by atoms with Gasteiger partial charge < -0.3 is 10.4 Å². The Morgan fingerprint density at radius 1 is 0.968 bits per heavy atom. The molecular weight excluding hydrogens is 435 g/mol. The van der Waals surface area contributed by atoms with Crippen molar-refractivity contribution >= 4 is 27.4 Å². The molecule has 3 rings (SSSR count). The average Bonchev–Trinajstić information content (AvgIpc) is 3.17. The minimum absolute atomic E-state index is 0.0268. The van der Waals surface area contributed by atoms with Crippen LogP contribution in [-0.4, -0.2) is 31.7 Å². The third kappa shape index (κ3) is 4.96. The molecule has 31 heavy (non-hydrogen) atoms. The molecule has 0 bridgehead atoms. The Hall–Kier alpha value is -3.14. The van der Waals surface area contributed by atoms with Crippen LogP contribution in [0.1, 0.15) is 24.8 Å². The summed E-state index contributed by atoms with van der Waals surface area (Å²) in [5.41, 5.74) is -1.16. The number of aliphatic carboxylic acids is 1. The molecule has 0 saturated carbocycles. The van der Waals surface area contributed by atoms with Gasteiger partial charge in [0.2, 0.25) is 0 Å². The third-order valence-corrected chi connectivity index (χ3v) is 6.07. The standard InChI is InChI=1S/C21H18F3NO5S/c1-31(29,30)14-8-5-12(6-9-14)13-7-10-18(17(11-13)21(22,23)24)25-19(26)15-3-2-4-16(15)20(27)28/h5-11H,2-4H2,1H3,(H,25,26)(H,27,28). The first-order valence-corrected chi connectivity index (χ1v) is 11.1. The van der Waals surface area contributed by atoms with Gasteiger partial charge in [0, 0.05) is 17.4 Å². The highest BCUT2D eigenvalue weighted by Gasteiger charge is 2.35. The topological polar surface area (TPSA) is 101 Å². The molecular formula is C21H18F3NO5S. The number of rotatable bonds is 5. The van der Waals surface area contributed by atoms with E-state index >= 15 is 0 Å². The van der Waals surface area contributed by atoms with Crippen LogP contribution >= 0.6 is 0 Å². The van der Waals surface area contributed by atoms with Crippen LogP contribution < -0.4 is 5.32 Å². The number of anilines is 1. The first-order chi connectivity index (χ1) is 14.4. The average molecular weight is 453 g/mol. The van der Waals surface area contributed by atoms with E-state index in [0.29, 0.717) is 12.0 Å². The Morgan fingerprint density at radius 3 is 2.10 bits per heavy atom. The second-order valence-corrected chi connectivity index (χ2v) is 9.14. The van der Waals surface area contributed by atoms with Crippen molar-refractivity contribution in [3.8, 4) is 11.1 Å². The van der Waals surface area contributed by atoms with Crippen LogP contribution in [0.3, 0.4) is 0 Å². The summed E-state index contributed by atoms with van der Waals surface area (Å²) >= 11 is 0. The summed E-state index contributed by atoms with van der Waals surface area (Å²) in [7, 11) is -3.45. The van der Waals surface area contributed by atoms with Gasteiger partial charge in [-0.05, 0) is 54.7 Å². The highest BCUT2D eigenvalue weighted by atomic mass is 32.2. The molecule has 164 valence electrons. The van der Waals surface area contributed by atoms with Gasteiger partial charge in [0.25, 0.3) is 5.91 Å². The summed E-state index contributed by atoms with van der Waals surface area (Å²) < 4.78 is 64.1. The Balaban J connectivity index is 1.97. The van der Waals surface area contributed by atoms with Crippen molar-refractivity contribution in [2.45, 2.75) is 30.3 Å². The number of benzene rings is 2. The quantitative estimate of drug-likeness (QED) is 0.704. The van der Waals surface area contributed by atoms with Crippen molar-refractivity contribution in [3.63, 3.8) is 0 Å². The van der Waals surface area contributed by atoms with Crippen LogP contribution in [0.15, 0.2) is 58.5 Å². The van der Waals surface area contributed by atoms with Crippen molar-refractivity contribution < 1.29 is 36.3 Å². The minimum atomic E-state index is -4.79. The lowest BCUT2D eigenvalue weighted by Gasteiger charge is -2.16. The van der Waals surface area contributed by atoms with Gasteiger partial charge in [-0.25, -0.2) is 13.2 Å². The second kappa shape index (κ2) is 8.18. The van der Waals surface area contributed by atoms with Crippen molar-refractivity contribution in [2.24, 2.45) is 0 Å². The lowest BCUT2D eigenvalue weighted by Crippen LogP contribution is -2.19. The molecule has 0 saturated heterocycles. The van der Waals surface area contributed by atoms with E-state index in [9.17, 15) is 31.2 Å². The second-order valence-electron chi connectivity index (χ2n) is 7.12. The van der Waals surface area contributed by atoms with Crippen LogP contribution in [0.2, 0.25) is 0 Å². The Bertz CT molecular complexity index is 1180. The number of carboxylic acid groups (broad SMARTS) is 1. The lowest BCUT2D eigenvalue weighted by atomic mass is 10.0. The number of carbonyl (C=O) groups excluding carboxylic acids is 1. The van der Waals surface area contributed by atoms with Crippen molar-refractivity contribution in [1.82, 2.24) is 0 Å². The van der Waals surface area contributed by atoms with Gasteiger partial charge in [-0.3, -0.25) is 4.79 Å². The number of nitrogens with one attached hydrogen (secondary N) is 1. The highest BCUT2D eigenvalue weighted by molar-refractivity contribution is 7.90. The minimum Gasteiger partial charge on any atom is -0.478 e. The van der Waals surface area contributed by atoms with E-state index in [1.54, 1.807) is 0 Å². The molecule has 0 unspecified atom stereocenters. The molecule has 0 spiro atoms. The van der Waals surface area contributed by atoms with Crippen LogP contribution in [0.25, 0.3) is 11.1 Å².